The molecular weight excluding hydrogens is 284 g/mol. The van der Waals surface area contributed by atoms with Gasteiger partial charge in [0.2, 0.25) is 0 Å². The highest BCUT2D eigenvalue weighted by atomic mass is 16.5. The summed E-state index contributed by atoms with van der Waals surface area (Å²) >= 11 is 0. The Labute approximate surface area is 128 Å². The minimum atomic E-state index is -1.04. The number of hydrogen-bond acceptors (Lipinski definition) is 4. The first kappa shape index (κ1) is 15.8. The quantitative estimate of drug-likeness (QED) is 0.884. The molecule has 0 aliphatic heterocycles. The molecule has 0 aliphatic carbocycles. The molecule has 0 bridgehead atoms. The number of rotatable bonds is 6. The molecule has 1 aromatic carbocycles. The maximum Gasteiger partial charge on any atom is 0.323 e. The molecule has 0 atom stereocenters. The van der Waals surface area contributed by atoms with Crippen LogP contribution in [0.1, 0.15) is 23.7 Å². The molecule has 1 aromatic heterocycles. The molecule has 22 heavy (non-hydrogen) atoms. The highest BCUT2D eigenvalue weighted by molar-refractivity contribution is 6.09. The number of hydrogen-bond donors (Lipinski definition) is 1. The second kappa shape index (κ2) is 6.89. The SMILES string of the molecule is CCCN(CC(=O)O)C(=O)c1c(OC)cnc2ccccc12. The van der Waals surface area contributed by atoms with E-state index in [4.69, 9.17) is 9.84 Å². The Morgan fingerprint density at radius 3 is 2.68 bits per heavy atom. The van der Waals surface area contributed by atoms with Crippen LogP contribution in [0.5, 0.6) is 5.75 Å². The number of benzene rings is 1. The molecule has 0 radical (unpaired) electrons. The van der Waals surface area contributed by atoms with Crippen molar-refractivity contribution in [2.75, 3.05) is 20.2 Å². The van der Waals surface area contributed by atoms with E-state index in [1.807, 2.05) is 19.1 Å². The maximum atomic E-state index is 12.8. The maximum absolute atomic E-state index is 12.8. The fourth-order valence-electron chi connectivity index (χ4n) is 2.34. The first-order valence-electron chi connectivity index (χ1n) is 7.01. The van der Waals surface area contributed by atoms with Crippen LogP contribution in [0.25, 0.3) is 10.9 Å². The lowest BCUT2D eigenvalue weighted by Gasteiger charge is -2.22. The van der Waals surface area contributed by atoms with Gasteiger partial charge < -0.3 is 14.7 Å². The molecule has 0 fully saturated rings. The normalized spacial score (nSPS) is 10.5. The molecule has 0 saturated heterocycles. The molecule has 116 valence electrons. The van der Waals surface area contributed by atoms with E-state index in [2.05, 4.69) is 4.98 Å². The average molecular weight is 302 g/mol. The molecule has 0 saturated carbocycles. The number of ether oxygens (including phenoxy) is 1. The molecule has 0 unspecified atom stereocenters. The van der Waals surface area contributed by atoms with E-state index in [-0.39, 0.29) is 12.5 Å². The second-order valence-electron chi connectivity index (χ2n) is 4.84. The van der Waals surface area contributed by atoms with E-state index < -0.39 is 5.97 Å². The van der Waals surface area contributed by atoms with Gasteiger partial charge in [0.05, 0.1) is 24.4 Å². The predicted octanol–water partition coefficient (Wildman–Crippen LogP) is 2.18. The minimum absolute atomic E-state index is 0.341. The van der Waals surface area contributed by atoms with E-state index in [1.165, 1.54) is 18.2 Å². The number of nitrogens with zero attached hydrogens (tertiary/aromatic N) is 2. The van der Waals surface area contributed by atoms with Crippen LogP contribution in [-0.4, -0.2) is 47.1 Å². The first-order valence-corrected chi connectivity index (χ1v) is 7.01. The van der Waals surface area contributed by atoms with E-state index in [0.717, 1.165) is 0 Å². The van der Waals surface area contributed by atoms with Crippen molar-refractivity contribution in [3.8, 4) is 5.75 Å². The third-order valence-corrected chi connectivity index (χ3v) is 3.28. The number of para-hydroxylation sites is 1. The lowest BCUT2D eigenvalue weighted by Crippen LogP contribution is -2.36. The summed E-state index contributed by atoms with van der Waals surface area (Å²) in [7, 11) is 1.46. The van der Waals surface area contributed by atoms with Gasteiger partial charge in [-0.05, 0) is 12.5 Å². The number of carbonyl (C=O) groups is 2. The lowest BCUT2D eigenvalue weighted by atomic mass is 10.1. The molecule has 1 N–H and O–H groups in total. The zero-order chi connectivity index (χ0) is 16.1. The van der Waals surface area contributed by atoms with Crippen molar-refractivity contribution in [2.45, 2.75) is 13.3 Å². The highest BCUT2D eigenvalue weighted by Crippen LogP contribution is 2.27. The summed E-state index contributed by atoms with van der Waals surface area (Å²) in [5.74, 6) is -1.06. The summed E-state index contributed by atoms with van der Waals surface area (Å²) in [5, 5.41) is 9.66. The topological polar surface area (TPSA) is 79.7 Å². The fourth-order valence-corrected chi connectivity index (χ4v) is 2.34. The molecule has 2 rings (SSSR count). The fraction of sp³-hybridized carbons (Fsp3) is 0.312. The Hall–Kier alpha value is -2.63. The molecule has 1 heterocycles. The van der Waals surface area contributed by atoms with E-state index >= 15 is 0 Å². The molecule has 1 amide bonds. The smallest absolute Gasteiger partial charge is 0.323 e. The minimum Gasteiger partial charge on any atom is -0.494 e. The Kier molecular flexibility index (Phi) is 4.93. The molecule has 6 nitrogen and oxygen atoms in total. The number of aliphatic carboxylic acids is 1. The van der Waals surface area contributed by atoms with Gasteiger partial charge in [-0.3, -0.25) is 14.6 Å². The van der Waals surface area contributed by atoms with Crippen molar-refractivity contribution in [1.29, 1.82) is 0 Å². The number of pyridine rings is 1. The van der Waals surface area contributed by atoms with Crippen LogP contribution < -0.4 is 4.74 Å². The summed E-state index contributed by atoms with van der Waals surface area (Å²) in [6, 6.07) is 7.22. The van der Waals surface area contributed by atoms with Gasteiger partial charge in [-0.1, -0.05) is 25.1 Å². The second-order valence-corrected chi connectivity index (χ2v) is 4.84. The van der Waals surface area contributed by atoms with Gasteiger partial charge >= 0.3 is 5.97 Å². The molecular formula is C16H18N2O4. The summed E-state index contributed by atoms with van der Waals surface area (Å²) in [6.07, 6.45) is 2.16. The zero-order valence-corrected chi connectivity index (χ0v) is 12.6. The van der Waals surface area contributed by atoms with Gasteiger partial charge in [-0.15, -0.1) is 0 Å². The monoisotopic (exact) mass is 302 g/mol. The summed E-state index contributed by atoms with van der Waals surface area (Å²) in [5.41, 5.74) is 1.02. The van der Waals surface area contributed by atoms with Crippen LogP contribution in [0.3, 0.4) is 0 Å². The van der Waals surface area contributed by atoms with Gasteiger partial charge in [0, 0.05) is 11.9 Å². The summed E-state index contributed by atoms with van der Waals surface area (Å²) in [6.45, 7) is 1.92. The van der Waals surface area contributed by atoms with Crippen molar-refractivity contribution in [2.24, 2.45) is 0 Å². The third kappa shape index (κ3) is 3.16. The van der Waals surface area contributed by atoms with E-state index in [9.17, 15) is 9.59 Å². The van der Waals surface area contributed by atoms with Gasteiger partial charge in [-0.25, -0.2) is 0 Å². The Morgan fingerprint density at radius 2 is 2.05 bits per heavy atom. The number of carboxylic acid groups (broad SMARTS) is 1. The van der Waals surface area contributed by atoms with Crippen LogP contribution in [0, 0.1) is 0 Å². The van der Waals surface area contributed by atoms with Crippen molar-refractivity contribution >= 4 is 22.8 Å². The van der Waals surface area contributed by atoms with E-state index in [0.29, 0.717) is 35.2 Å². The lowest BCUT2D eigenvalue weighted by molar-refractivity contribution is -0.137. The Bertz CT molecular complexity index is 700. The predicted molar refractivity (Wildman–Crippen MR) is 82.1 cm³/mol. The average Bonchev–Trinajstić information content (AvgIpc) is 2.52. The van der Waals surface area contributed by atoms with Crippen LogP contribution in [0.4, 0.5) is 0 Å². The van der Waals surface area contributed by atoms with Crippen molar-refractivity contribution in [3.63, 3.8) is 0 Å². The molecule has 0 spiro atoms. The Balaban J connectivity index is 2.55. The van der Waals surface area contributed by atoms with Crippen LogP contribution in [-0.2, 0) is 4.79 Å². The van der Waals surface area contributed by atoms with Crippen LogP contribution in [0.2, 0.25) is 0 Å². The summed E-state index contributed by atoms with van der Waals surface area (Å²) < 4.78 is 5.25. The number of carbonyl (C=O) groups excluding carboxylic acids is 1. The van der Waals surface area contributed by atoms with Gasteiger partial charge in [0.15, 0.2) is 5.75 Å². The largest absolute Gasteiger partial charge is 0.494 e. The Morgan fingerprint density at radius 1 is 1.32 bits per heavy atom. The van der Waals surface area contributed by atoms with Crippen molar-refractivity contribution < 1.29 is 19.4 Å². The van der Waals surface area contributed by atoms with Crippen molar-refractivity contribution in [3.05, 3.63) is 36.0 Å². The summed E-state index contributed by atoms with van der Waals surface area (Å²) in [4.78, 5) is 29.4. The standard InChI is InChI=1S/C16H18N2O4/c1-3-8-18(10-14(19)20)16(21)15-11-6-4-5-7-12(11)17-9-13(15)22-2/h4-7,9H,3,8,10H2,1-2H3,(H,19,20). The van der Waals surface area contributed by atoms with Gasteiger partial charge in [0.1, 0.15) is 6.54 Å². The molecule has 6 heteroatoms. The van der Waals surface area contributed by atoms with Crippen LogP contribution in [0.15, 0.2) is 30.5 Å². The number of amides is 1. The first-order chi connectivity index (χ1) is 10.6. The van der Waals surface area contributed by atoms with Crippen LogP contribution >= 0.6 is 0 Å². The van der Waals surface area contributed by atoms with Crippen molar-refractivity contribution in [1.82, 2.24) is 9.88 Å². The molecule has 0 aliphatic rings. The van der Waals surface area contributed by atoms with Gasteiger partial charge in [0.25, 0.3) is 5.91 Å². The van der Waals surface area contributed by atoms with E-state index in [1.54, 1.807) is 12.1 Å². The number of aromatic nitrogens is 1. The highest BCUT2D eigenvalue weighted by Gasteiger charge is 2.23. The third-order valence-electron chi connectivity index (χ3n) is 3.28. The zero-order valence-electron chi connectivity index (χ0n) is 12.6. The molecule has 2 aromatic rings. The number of fused-ring (bicyclic) bond motifs is 1. The number of carboxylic acids is 1. The van der Waals surface area contributed by atoms with Gasteiger partial charge in [-0.2, -0.15) is 0 Å². The number of methoxy groups -OCH3 is 1.